The van der Waals surface area contributed by atoms with Crippen LogP contribution in [-0.4, -0.2) is 19.8 Å². The third-order valence-electron chi connectivity index (χ3n) is 8.02. The molecule has 3 aromatic carbocycles. The first-order chi connectivity index (χ1) is 20.5. The molecule has 0 saturated carbocycles. The zero-order valence-corrected chi connectivity index (χ0v) is 25.1. The van der Waals surface area contributed by atoms with E-state index in [1.807, 2.05) is 6.07 Å². The maximum atomic E-state index is 15.1. The van der Waals surface area contributed by atoms with Gasteiger partial charge in [-0.05, 0) is 47.7 Å². The molecule has 0 unspecified atom stereocenters. The summed E-state index contributed by atoms with van der Waals surface area (Å²) in [5.41, 5.74) is 2.52. The monoisotopic (exact) mass is 582 g/mol. The van der Waals surface area contributed by atoms with Crippen molar-refractivity contribution in [1.82, 2.24) is 0 Å². The van der Waals surface area contributed by atoms with E-state index in [0.717, 1.165) is 37.7 Å². The molecule has 1 aliphatic heterocycles. The Labute approximate surface area is 249 Å². The van der Waals surface area contributed by atoms with Crippen molar-refractivity contribution >= 4 is 0 Å². The lowest BCUT2D eigenvalue weighted by Gasteiger charge is -2.30. The SMILES string of the molecule is CCCCCCCOc1ccc(-c2ccc(-c3ccc(C4OCC(CCCCCCC)CO4)c(F)c3)cc2)c(F)c1F. The second kappa shape index (κ2) is 16.7. The standard InChI is InChI=1S/C36H45F3O3/c1-3-5-7-9-11-13-26-24-41-36(42-25-26)31-19-18-29(23-32(31)37)27-14-16-28(17-15-27)30-20-21-33(35(39)34(30)38)40-22-12-10-8-6-4-2/h14-21,23,26,36H,3-13,22,24-25H2,1-2H3. The highest BCUT2D eigenvalue weighted by Gasteiger charge is 2.26. The number of benzene rings is 3. The molecule has 0 radical (unpaired) electrons. The van der Waals surface area contributed by atoms with Crippen LogP contribution in [-0.2, 0) is 9.47 Å². The van der Waals surface area contributed by atoms with Crippen molar-refractivity contribution < 1.29 is 27.4 Å². The fraction of sp³-hybridized carbons (Fsp3) is 0.500. The lowest BCUT2D eigenvalue weighted by molar-refractivity contribution is -0.207. The van der Waals surface area contributed by atoms with Gasteiger partial charge in [-0.3, -0.25) is 0 Å². The fourth-order valence-corrected chi connectivity index (χ4v) is 5.42. The van der Waals surface area contributed by atoms with Crippen molar-refractivity contribution in [2.24, 2.45) is 5.92 Å². The van der Waals surface area contributed by atoms with E-state index in [-0.39, 0.29) is 11.3 Å². The Morgan fingerprint density at radius 2 is 1.29 bits per heavy atom. The highest BCUT2D eigenvalue weighted by Crippen LogP contribution is 2.34. The lowest BCUT2D eigenvalue weighted by Crippen LogP contribution is -2.27. The van der Waals surface area contributed by atoms with E-state index in [4.69, 9.17) is 14.2 Å². The average Bonchev–Trinajstić information content (AvgIpc) is 3.01. The molecule has 1 aliphatic rings. The van der Waals surface area contributed by atoms with Crippen LogP contribution in [0.4, 0.5) is 13.2 Å². The van der Waals surface area contributed by atoms with Gasteiger partial charge in [-0.1, -0.05) is 108 Å². The molecule has 0 N–H and O–H groups in total. The van der Waals surface area contributed by atoms with Gasteiger partial charge in [0.25, 0.3) is 0 Å². The molecule has 0 atom stereocenters. The molecule has 0 spiro atoms. The molecular weight excluding hydrogens is 537 g/mol. The quantitative estimate of drug-likeness (QED) is 0.157. The number of hydrogen-bond donors (Lipinski definition) is 0. The molecule has 1 saturated heterocycles. The number of rotatable bonds is 16. The van der Waals surface area contributed by atoms with Crippen molar-refractivity contribution in [3.05, 3.63) is 77.6 Å². The Morgan fingerprint density at radius 1 is 0.667 bits per heavy atom. The lowest BCUT2D eigenvalue weighted by atomic mass is 9.98. The summed E-state index contributed by atoms with van der Waals surface area (Å²) >= 11 is 0. The smallest absolute Gasteiger partial charge is 0.201 e. The van der Waals surface area contributed by atoms with Gasteiger partial charge in [0, 0.05) is 17.0 Å². The van der Waals surface area contributed by atoms with Gasteiger partial charge in [0.15, 0.2) is 17.9 Å². The van der Waals surface area contributed by atoms with Crippen molar-refractivity contribution in [2.75, 3.05) is 19.8 Å². The third-order valence-corrected chi connectivity index (χ3v) is 8.02. The third kappa shape index (κ3) is 8.84. The van der Waals surface area contributed by atoms with Crippen LogP contribution in [0.1, 0.15) is 96.3 Å². The van der Waals surface area contributed by atoms with Gasteiger partial charge >= 0.3 is 0 Å². The van der Waals surface area contributed by atoms with Crippen LogP contribution in [0, 0.1) is 23.4 Å². The normalized spacial score (nSPS) is 17.0. The van der Waals surface area contributed by atoms with Crippen LogP contribution in [0.15, 0.2) is 54.6 Å². The van der Waals surface area contributed by atoms with Gasteiger partial charge in [0.05, 0.1) is 19.8 Å². The van der Waals surface area contributed by atoms with Crippen LogP contribution >= 0.6 is 0 Å². The molecule has 0 aliphatic carbocycles. The predicted octanol–water partition coefficient (Wildman–Crippen LogP) is 10.8. The first-order valence-corrected chi connectivity index (χ1v) is 15.8. The second-order valence-electron chi connectivity index (χ2n) is 11.4. The first-order valence-electron chi connectivity index (χ1n) is 15.8. The Hall–Kier alpha value is -2.83. The number of ether oxygens (including phenoxy) is 3. The van der Waals surface area contributed by atoms with Crippen LogP contribution in [0.3, 0.4) is 0 Å². The van der Waals surface area contributed by atoms with Gasteiger partial charge in [-0.15, -0.1) is 0 Å². The van der Waals surface area contributed by atoms with Crippen LogP contribution in [0.5, 0.6) is 5.75 Å². The minimum absolute atomic E-state index is 0.0669. The Kier molecular flexibility index (Phi) is 12.8. The van der Waals surface area contributed by atoms with E-state index < -0.39 is 23.7 Å². The molecule has 0 aromatic heterocycles. The van der Waals surface area contributed by atoms with Crippen molar-refractivity contribution in [3.63, 3.8) is 0 Å². The molecule has 0 bridgehead atoms. The summed E-state index contributed by atoms with van der Waals surface area (Å²) in [6.07, 6.45) is 11.8. The highest BCUT2D eigenvalue weighted by atomic mass is 19.2. The van der Waals surface area contributed by atoms with E-state index in [2.05, 4.69) is 13.8 Å². The number of halogens is 3. The zero-order chi connectivity index (χ0) is 29.7. The summed E-state index contributed by atoms with van der Waals surface area (Å²) < 4.78 is 62.0. The van der Waals surface area contributed by atoms with Crippen molar-refractivity contribution in [2.45, 2.75) is 90.8 Å². The number of unbranched alkanes of at least 4 members (excludes halogenated alkanes) is 8. The number of hydrogen-bond acceptors (Lipinski definition) is 3. The van der Waals surface area contributed by atoms with E-state index in [1.54, 1.807) is 30.3 Å². The fourth-order valence-electron chi connectivity index (χ4n) is 5.42. The molecule has 0 amide bonds. The highest BCUT2D eigenvalue weighted by molar-refractivity contribution is 5.71. The molecule has 3 nitrogen and oxygen atoms in total. The summed E-state index contributed by atoms with van der Waals surface area (Å²) in [5.74, 6) is -2.02. The predicted molar refractivity (Wildman–Crippen MR) is 163 cm³/mol. The van der Waals surface area contributed by atoms with Gasteiger partial charge in [-0.25, -0.2) is 8.78 Å². The first kappa shape index (κ1) is 32.1. The molecule has 4 rings (SSSR count). The van der Waals surface area contributed by atoms with Gasteiger partial charge < -0.3 is 14.2 Å². The second-order valence-corrected chi connectivity index (χ2v) is 11.4. The largest absolute Gasteiger partial charge is 0.490 e. The summed E-state index contributed by atoms with van der Waals surface area (Å²) in [7, 11) is 0. The topological polar surface area (TPSA) is 27.7 Å². The van der Waals surface area contributed by atoms with Crippen LogP contribution in [0.2, 0.25) is 0 Å². The average molecular weight is 583 g/mol. The summed E-state index contributed by atoms with van der Waals surface area (Å²) in [5, 5.41) is 0. The molecule has 228 valence electrons. The summed E-state index contributed by atoms with van der Waals surface area (Å²) in [6, 6.07) is 15.0. The van der Waals surface area contributed by atoms with Gasteiger partial charge in [0.2, 0.25) is 5.82 Å². The van der Waals surface area contributed by atoms with E-state index in [1.165, 1.54) is 56.7 Å². The van der Waals surface area contributed by atoms with E-state index >= 15 is 4.39 Å². The van der Waals surface area contributed by atoms with Gasteiger partial charge in [0.1, 0.15) is 5.82 Å². The maximum Gasteiger partial charge on any atom is 0.201 e. The molecule has 6 heteroatoms. The van der Waals surface area contributed by atoms with E-state index in [9.17, 15) is 8.78 Å². The molecule has 1 heterocycles. The minimum Gasteiger partial charge on any atom is -0.490 e. The molecule has 3 aromatic rings. The maximum absolute atomic E-state index is 15.1. The summed E-state index contributed by atoms with van der Waals surface area (Å²) in [6.45, 7) is 5.87. The summed E-state index contributed by atoms with van der Waals surface area (Å²) in [4.78, 5) is 0. The minimum atomic E-state index is -0.978. The van der Waals surface area contributed by atoms with E-state index in [0.29, 0.717) is 42.4 Å². The Morgan fingerprint density at radius 3 is 1.95 bits per heavy atom. The Balaban J connectivity index is 1.33. The van der Waals surface area contributed by atoms with Crippen molar-refractivity contribution in [1.29, 1.82) is 0 Å². The molecular formula is C36H45F3O3. The van der Waals surface area contributed by atoms with Crippen LogP contribution < -0.4 is 4.74 Å². The molecule has 1 fully saturated rings. The Bertz CT molecular complexity index is 1240. The zero-order valence-electron chi connectivity index (χ0n) is 25.1. The van der Waals surface area contributed by atoms with Crippen molar-refractivity contribution in [3.8, 4) is 28.0 Å². The van der Waals surface area contributed by atoms with Crippen LogP contribution in [0.25, 0.3) is 22.3 Å². The molecule has 42 heavy (non-hydrogen) atoms. The van der Waals surface area contributed by atoms with Gasteiger partial charge in [-0.2, -0.15) is 4.39 Å².